The van der Waals surface area contributed by atoms with Gasteiger partial charge in [0.15, 0.2) is 0 Å². The van der Waals surface area contributed by atoms with Crippen molar-refractivity contribution in [3.05, 3.63) is 101 Å². The number of aromatic nitrogens is 3. The minimum atomic E-state index is -0.465. The molecule has 0 fully saturated rings. The van der Waals surface area contributed by atoms with E-state index < -0.39 is 11.6 Å². The highest BCUT2D eigenvalue weighted by Gasteiger charge is 2.29. The molecule has 1 aliphatic heterocycles. The Balaban J connectivity index is 1.46. The molecule has 0 radical (unpaired) electrons. The van der Waals surface area contributed by atoms with Crippen LogP contribution < -0.4 is 0 Å². The Morgan fingerprint density at radius 3 is 2.62 bits per heavy atom. The summed E-state index contributed by atoms with van der Waals surface area (Å²) in [6.45, 7) is 0.543. The van der Waals surface area contributed by atoms with Crippen LogP contribution in [0, 0.1) is 23.0 Å². The largest absolute Gasteiger partial charge is 0.328 e. The summed E-state index contributed by atoms with van der Waals surface area (Å²) in [5.74, 6) is -1.23. The zero-order valence-corrected chi connectivity index (χ0v) is 16.7. The number of carbonyl (C=O) groups is 1. The van der Waals surface area contributed by atoms with Gasteiger partial charge in [-0.1, -0.05) is 24.3 Å². The summed E-state index contributed by atoms with van der Waals surface area (Å²) in [5.41, 5.74) is 3.28. The molecule has 0 unspecified atom stereocenters. The second-order valence-electron chi connectivity index (χ2n) is 7.42. The molecule has 0 saturated carbocycles. The number of hydrogen-bond donors (Lipinski definition) is 0. The molecule has 8 heteroatoms. The fourth-order valence-electron chi connectivity index (χ4n) is 3.83. The predicted octanol–water partition coefficient (Wildman–Crippen LogP) is 4.24. The van der Waals surface area contributed by atoms with Crippen molar-refractivity contribution in [2.24, 2.45) is 0 Å². The summed E-state index contributed by atoms with van der Waals surface area (Å²) in [7, 11) is 0. The minimum Gasteiger partial charge on any atom is -0.328 e. The molecule has 2 aromatic carbocycles. The lowest BCUT2D eigenvalue weighted by Crippen LogP contribution is -2.26. The fraction of sp³-hybridized carbons (Fsp3) is 0.0833. The first-order chi connectivity index (χ1) is 15.5. The molecule has 0 bridgehead atoms. The standard InChI is InChI=1S/C24H15F2N5O/c25-17-8-18(11-28-10-17)31-13-16-12-30(14-23(16)29-31)24(32)21-7-15(9-27)5-6-19(21)20-3-1-2-4-22(20)26/h1-8,10-11,13H,12,14H2. The Morgan fingerprint density at radius 2 is 1.88 bits per heavy atom. The van der Waals surface area contributed by atoms with Gasteiger partial charge in [0.05, 0.1) is 42.0 Å². The smallest absolute Gasteiger partial charge is 0.255 e. The molecular weight excluding hydrogens is 412 g/mol. The van der Waals surface area contributed by atoms with E-state index in [0.717, 1.165) is 11.8 Å². The van der Waals surface area contributed by atoms with Gasteiger partial charge in [-0.2, -0.15) is 10.4 Å². The molecule has 2 aromatic heterocycles. The van der Waals surface area contributed by atoms with Crippen molar-refractivity contribution < 1.29 is 13.6 Å². The third-order valence-electron chi connectivity index (χ3n) is 5.36. The summed E-state index contributed by atoms with van der Waals surface area (Å²) in [5, 5.41) is 13.8. The van der Waals surface area contributed by atoms with Crippen molar-refractivity contribution in [1.29, 1.82) is 5.26 Å². The van der Waals surface area contributed by atoms with Crippen LogP contribution in [0.3, 0.4) is 0 Å². The van der Waals surface area contributed by atoms with Crippen molar-refractivity contribution >= 4 is 5.91 Å². The van der Waals surface area contributed by atoms with Crippen LogP contribution in [0.15, 0.2) is 67.1 Å². The van der Waals surface area contributed by atoms with Crippen LogP contribution in [0.1, 0.15) is 27.2 Å². The van der Waals surface area contributed by atoms with Crippen molar-refractivity contribution in [2.75, 3.05) is 0 Å². The minimum absolute atomic E-state index is 0.247. The Kier molecular flexibility index (Phi) is 4.71. The lowest BCUT2D eigenvalue weighted by molar-refractivity contribution is 0.0750. The van der Waals surface area contributed by atoms with E-state index in [1.807, 2.05) is 6.07 Å². The number of amides is 1. The van der Waals surface area contributed by atoms with Crippen molar-refractivity contribution in [2.45, 2.75) is 13.1 Å². The summed E-state index contributed by atoms with van der Waals surface area (Å²) in [4.78, 5) is 18.8. The third-order valence-corrected chi connectivity index (χ3v) is 5.36. The molecule has 156 valence electrons. The van der Waals surface area contributed by atoms with Crippen molar-refractivity contribution in [3.8, 4) is 22.9 Å². The highest BCUT2D eigenvalue weighted by Crippen LogP contribution is 2.31. The van der Waals surface area contributed by atoms with E-state index in [1.54, 1.807) is 41.4 Å². The predicted molar refractivity (Wildman–Crippen MR) is 111 cm³/mol. The first kappa shape index (κ1) is 19.6. The lowest BCUT2D eigenvalue weighted by Gasteiger charge is -2.19. The van der Waals surface area contributed by atoms with Gasteiger partial charge in [-0.3, -0.25) is 9.78 Å². The number of halogens is 2. The van der Waals surface area contributed by atoms with Gasteiger partial charge in [-0.25, -0.2) is 13.5 Å². The van der Waals surface area contributed by atoms with Gasteiger partial charge in [0.1, 0.15) is 11.6 Å². The number of nitriles is 1. The monoisotopic (exact) mass is 427 g/mol. The highest BCUT2D eigenvalue weighted by atomic mass is 19.1. The number of rotatable bonds is 3. The summed E-state index contributed by atoms with van der Waals surface area (Å²) in [6.07, 6.45) is 4.36. The maximum atomic E-state index is 14.4. The van der Waals surface area contributed by atoms with E-state index in [9.17, 15) is 18.8 Å². The first-order valence-corrected chi connectivity index (χ1v) is 9.80. The van der Waals surface area contributed by atoms with Gasteiger partial charge in [0.2, 0.25) is 0 Å². The van der Waals surface area contributed by atoms with Gasteiger partial charge in [0, 0.05) is 35.5 Å². The summed E-state index contributed by atoms with van der Waals surface area (Å²) in [6, 6.07) is 14.2. The highest BCUT2D eigenvalue weighted by molar-refractivity contribution is 6.01. The normalized spacial score (nSPS) is 12.5. The van der Waals surface area contributed by atoms with Crippen LogP contribution in [0.4, 0.5) is 8.78 Å². The molecule has 6 nitrogen and oxygen atoms in total. The van der Waals surface area contributed by atoms with Crippen LogP contribution in [0.2, 0.25) is 0 Å². The molecule has 32 heavy (non-hydrogen) atoms. The van der Waals surface area contributed by atoms with Crippen LogP contribution in [-0.2, 0) is 13.1 Å². The Hall–Kier alpha value is -4.38. The molecule has 3 heterocycles. The van der Waals surface area contributed by atoms with E-state index in [4.69, 9.17) is 0 Å². The van der Waals surface area contributed by atoms with Crippen molar-refractivity contribution in [3.63, 3.8) is 0 Å². The topological polar surface area (TPSA) is 74.8 Å². The van der Waals surface area contributed by atoms with Crippen molar-refractivity contribution in [1.82, 2.24) is 19.7 Å². The molecule has 0 N–H and O–H groups in total. The number of pyridine rings is 1. The Labute approximate surface area is 182 Å². The van der Waals surface area contributed by atoms with Gasteiger partial charge < -0.3 is 4.90 Å². The van der Waals surface area contributed by atoms with Crippen LogP contribution in [-0.4, -0.2) is 25.6 Å². The SMILES string of the molecule is N#Cc1ccc(-c2ccccc2F)c(C(=O)N2Cc3cn(-c4cncc(F)c4)nc3C2)c1. The Morgan fingerprint density at radius 1 is 1.03 bits per heavy atom. The quantitative estimate of drug-likeness (QED) is 0.490. The van der Waals surface area contributed by atoms with Crippen LogP contribution in [0.25, 0.3) is 16.8 Å². The fourth-order valence-corrected chi connectivity index (χ4v) is 3.83. The molecule has 0 saturated heterocycles. The van der Waals surface area contributed by atoms with Gasteiger partial charge in [0.25, 0.3) is 5.91 Å². The van der Waals surface area contributed by atoms with E-state index in [-0.39, 0.29) is 18.0 Å². The molecule has 4 aromatic rings. The summed E-state index contributed by atoms with van der Waals surface area (Å²) < 4.78 is 29.4. The second kappa shape index (κ2) is 7.71. The molecule has 0 aliphatic carbocycles. The van der Waals surface area contributed by atoms with Crippen LogP contribution >= 0.6 is 0 Å². The van der Waals surface area contributed by atoms with Gasteiger partial charge in [-0.15, -0.1) is 0 Å². The molecule has 1 aliphatic rings. The molecule has 0 atom stereocenters. The molecule has 0 spiro atoms. The zero-order chi connectivity index (χ0) is 22.2. The molecular formula is C24H15F2N5O. The van der Waals surface area contributed by atoms with E-state index in [0.29, 0.717) is 34.6 Å². The Bertz CT molecular complexity index is 1380. The van der Waals surface area contributed by atoms with E-state index in [2.05, 4.69) is 10.1 Å². The maximum Gasteiger partial charge on any atom is 0.255 e. The van der Waals surface area contributed by atoms with Crippen LogP contribution in [0.5, 0.6) is 0 Å². The molecule has 5 rings (SSSR count). The summed E-state index contributed by atoms with van der Waals surface area (Å²) >= 11 is 0. The number of nitrogens with zero attached hydrogens (tertiary/aromatic N) is 5. The third kappa shape index (κ3) is 3.40. The lowest BCUT2D eigenvalue weighted by atomic mass is 9.96. The average Bonchev–Trinajstić information content (AvgIpc) is 3.38. The van der Waals surface area contributed by atoms with E-state index in [1.165, 1.54) is 29.1 Å². The number of hydrogen-bond acceptors (Lipinski definition) is 4. The second-order valence-corrected chi connectivity index (χ2v) is 7.42. The zero-order valence-electron chi connectivity index (χ0n) is 16.7. The maximum absolute atomic E-state index is 14.4. The number of benzene rings is 2. The number of carbonyl (C=O) groups excluding carboxylic acids is 1. The molecule has 1 amide bonds. The van der Waals surface area contributed by atoms with Gasteiger partial charge >= 0.3 is 0 Å². The average molecular weight is 427 g/mol. The van der Waals surface area contributed by atoms with Gasteiger partial charge in [-0.05, 0) is 23.8 Å². The van der Waals surface area contributed by atoms with E-state index >= 15 is 0 Å². The number of fused-ring (bicyclic) bond motifs is 1. The first-order valence-electron chi connectivity index (χ1n) is 9.80.